The van der Waals surface area contributed by atoms with Gasteiger partial charge in [0.1, 0.15) is 29.2 Å². The van der Waals surface area contributed by atoms with E-state index in [9.17, 15) is 4.39 Å². The van der Waals surface area contributed by atoms with Crippen LogP contribution in [-0.4, -0.2) is 16.6 Å². The number of para-hydroxylation sites is 1. The quantitative estimate of drug-likeness (QED) is 0.762. The lowest BCUT2D eigenvalue weighted by molar-refractivity contribution is 0.317. The van der Waals surface area contributed by atoms with Crippen molar-refractivity contribution < 1.29 is 9.13 Å². The molecule has 0 atom stereocenters. The Balaban J connectivity index is 1.85. The van der Waals surface area contributed by atoms with Gasteiger partial charge in [0, 0.05) is 11.1 Å². The molecule has 0 fully saturated rings. The molecule has 4 nitrogen and oxygen atoms in total. The molecule has 0 radical (unpaired) electrons. The molecule has 1 heterocycles. The molecule has 3 aromatic rings. The number of benzene rings is 2. The molecule has 3 rings (SSSR count). The Morgan fingerprint density at radius 3 is 2.68 bits per heavy atom. The lowest BCUT2D eigenvalue weighted by Crippen LogP contribution is -1.98. The maximum atomic E-state index is 13.7. The van der Waals surface area contributed by atoms with Gasteiger partial charge in [-0.1, -0.05) is 13.0 Å². The molecule has 0 aliphatic rings. The first kappa shape index (κ1) is 14.3. The molecule has 112 valence electrons. The van der Waals surface area contributed by atoms with Crippen molar-refractivity contribution in [3.8, 4) is 5.75 Å². The number of rotatable bonds is 5. The second-order valence-electron chi connectivity index (χ2n) is 4.86. The highest BCUT2D eigenvalue weighted by atomic mass is 19.1. The van der Waals surface area contributed by atoms with E-state index in [0.717, 1.165) is 17.9 Å². The van der Waals surface area contributed by atoms with E-state index in [2.05, 4.69) is 22.2 Å². The Kier molecular flexibility index (Phi) is 4.14. The van der Waals surface area contributed by atoms with Crippen molar-refractivity contribution in [1.29, 1.82) is 0 Å². The number of nitrogens with one attached hydrogen (secondary N) is 1. The summed E-state index contributed by atoms with van der Waals surface area (Å²) in [7, 11) is 0. The molecule has 0 spiro atoms. The van der Waals surface area contributed by atoms with Crippen molar-refractivity contribution in [3.63, 3.8) is 0 Å². The molecule has 0 saturated heterocycles. The third kappa shape index (κ3) is 2.98. The number of hydrogen-bond donors (Lipinski definition) is 1. The van der Waals surface area contributed by atoms with Crippen molar-refractivity contribution in [1.82, 2.24) is 9.97 Å². The van der Waals surface area contributed by atoms with E-state index in [1.54, 1.807) is 12.1 Å². The zero-order chi connectivity index (χ0) is 15.4. The van der Waals surface area contributed by atoms with Gasteiger partial charge in [-0.2, -0.15) is 0 Å². The van der Waals surface area contributed by atoms with Gasteiger partial charge in [-0.3, -0.25) is 0 Å². The lowest BCUT2D eigenvalue weighted by atomic mass is 10.2. The molecule has 0 aliphatic heterocycles. The van der Waals surface area contributed by atoms with Gasteiger partial charge in [0.15, 0.2) is 0 Å². The Bertz CT molecular complexity index is 774. The molecule has 1 N–H and O–H groups in total. The summed E-state index contributed by atoms with van der Waals surface area (Å²) >= 11 is 0. The molecule has 0 unspecified atom stereocenters. The standard InChI is InChI=1S/C17H16FN3O/c1-2-10-22-13-8-6-12(7-9-13)21-17-14-4-3-5-15(18)16(14)19-11-20-17/h3-9,11H,2,10H2,1H3,(H,19,20,21). The number of hydrogen-bond acceptors (Lipinski definition) is 4. The summed E-state index contributed by atoms with van der Waals surface area (Å²) in [5.74, 6) is 1.05. The number of nitrogens with zero attached hydrogens (tertiary/aromatic N) is 2. The van der Waals surface area contributed by atoms with Crippen LogP contribution in [0.25, 0.3) is 10.9 Å². The minimum Gasteiger partial charge on any atom is -0.494 e. The number of ether oxygens (including phenoxy) is 1. The number of anilines is 2. The van der Waals surface area contributed by atoms with Gasteiger partial charge < -0.3 is 10.1 Å². The fourth-order valence-electron chi connectivity index (χ4n) is 2.14. The van der Waals surface area contributed by atoms with Gasteiger partial charge in [0.2, 0.25) is 0 Å². The second-order valence-corrected chi connectivity index (χ2v) is 4.86. The van der Waals surface area contributed by atoms with E-state index in [1.807, 2.05) is 24.3 Å². The molecular formula is C17H16FN3O. The third-order valence-electron chi connectivity index (χ3n) is 3.21. The fourth-order valence-corrected chi connectivity index (χ4v) is 2.14. The van der Waals surface area contributed by atoms with Crippen LogP contribution in [0.2, 0.25) is 0 Å². The van der Waals surface area contributed by atoms with E-state index < -0.39 is 0 Å². The molecule has 0 aliphatic carbocycles. The van der Waals surface area contributed by atoms with Gasteiger partial charge in [-0.15, -0.1) is 0 Å². The summed E-state index contributed by atoms with van der Waals surface area (Å²) in [6.07, 6.45) is 2.32. The van der Waals surface area contributed by atoms with Crippen molar-refractivity contribution >= 4 is 22.4 Å². The van der Waals surface area contributed by atoms with Gasteiger partial charge in [-0.25, -0.2) is 14.4 Å². The maximum Gasteiger partial charge on any atom is 0.149 e. The predicted octanol–water partition coefficient (Wildman–Crippen LogP) is 4.30. The summed E-state index contributed by atoms with van der Waals surface area (Å²) in [6.45, 7) is 2.76. The Morgan fingerprint density at radius 2 is 1.91 bits per heavy atom. The van der Waals surface area contributed by atoms with Crippen molar-refractivity contribution in [2.24, 2.45) is 0 Å². The first-order valence-corrected chi connectivity index (χ1v) is 7.17. The SMILES string of the molecule is CCCOc1ccc(Nc2ncnc3c(F)cccc23)cc1. The van der Waals surface area contributed by atoms with Crippen molar-refractivity contribution in [3.05, 3.63) is 54.6 Å². The van der Waals surface area contributed by atoms with Crippen LogP contribution < -0.4 is 10.1 Å². The van der Waals surface area contributed by atoms with Crippen LogP contribution in [-0.2, 0) is 0 Å². The molecule has 0 bridgehead atoms. The zero-order valence-electron chi connectivity index (χ0n) is 12.2. The smallest absolute Gasteiger partial charge is 0.149 e. The van der Waals surface area contributed by atoms with Gasteiger partial charge in [0.05, 0.1) is 6.61 Å². The topological polar surface area (TPSA) is 47.0 Å². The largest absolute Gasteiger partial charge is 0.494 e. The van der Waals surface area contributed by atoms with Crippen LogP contribution in [0.4, 0.5) is 15.9 Å². The van der Waals surface area contributed by atoms with Crippen LogP contribution in [0.3, 0.4) is 0 Å². The maximum absolute atomic E-state index is 13.7. The molecule has 0 saturated carbocycles. The number of aromatic nitrogens is 2. The highest BCUT2D eigenvalue weighted by Gasteiger charge is 2.07. The van der Waals surface area contributed by atoms with Gasteiger partial charge >= 0.3 is 0 Å². The Morgan fingerprint density at radius 1 is 1.09 bits per heavy atom. The molecule has 22 heavy (non-hydrogen) atoms. The van der Waals surface area contributed by atoms with Crippen LogP contribution in [0.5, 0.6) is 5.75 Å². The summed E-state index contributed by atoms with van der Waals surface area (Å²) in [6, 6.07) is 12.4. The summed E-state index contributed by atoms with van der Waals surface area (Å²) in [5.41, 5.74) is 1.16. The first-order valence-electron chi connectivity index (χ1n) is 7.17. The van der Waals surface area contributed by atoms with Crippen molar-refractivity contribution in [2.75, 3.05) is 11.9 Å². The first-order chi connectivity index (χ1) is 10.8. The fraction of sp³-hybridized carbons (Fsp3) is 0.176. The van der Waals surface area contributed by atoms with Gasteiger partial charge in [0.25, 0.3) is 0 Å². The van der Waals surface area contributed by atoms with E-state index in [0.29, 0.717) is 23.3 Å². The van der Waals surface area contributed by atoms with E-state index in [4.69, 9.17) is 4.74 Å². The number of halogens is 1. The summed E-state index contributed by atoms with van der Waals surface area (Å²) < 4.78 is 19.3. The monoisotopic (exact) mass is 297 g/mol. The van der Waals surface area contributed by atoms with Crippen LogP contribution in [0.1, 0.15) is 13.3 Å². The summed E-state index contributed by atoms with van der Waals surface area (Å²) in [4.78, 5) is 8.18. The highest BCUT2D eigenvalue weighted by molar-refractivity contribution is 5.90. The minimum absolute atomic E-state index is 0.308. The molecular weight excluding hydrogens is 281 g/mol. The van der Waals surface area contributed by atoms with E-state index in [-0.39, 0.29) is 5.82 Å². The average molecular weight is 297 g/mol. The minimum atomic E-state index is -0.355. The molecule has 5 heteroatoms. The summed E-state index contributed by atoms with van der Waals surface area (Å²) in [5, 5.41) is 3.83. The van der Waals surface area contributed by atoms with Gasteiger partial charge in [-0.05, 0) is 42.8 Å². The van der Waals surface area contributed by atoms with E-state index in [1.165, 1.54) is 12.4 Å². The lowest BCUT2D eigenvalue weighted by Gasteiger charge is -2.10. The Labute approximate surface area is 128 Å². The predicted molar refractivity (Wildman–Crippen MR) is 85.0 cm³/mol. The Hall–Kier alpha value is -2.69. The third-order valence-corrected chi connectivity index (χ3v) is 3.21. The van der Waals surface area contributed by atoms with Crippen LogP contribution >= 0.6 is 0 Å². The van der Waals surface area contributed by atoms with Crippen LogP contribution in [0, 0.1) is 5.82 Å². The number of fused-ring (bicyclic) bond motifs is 1. The zero-order valence-corrected chi connectivity index (χ0v) is 12.2. The van der Waals surface area contributed by atoms with Crippen LogP contribution in [0.15, 0.2) is 48.8 Å². The molecule has 2 aromatic carbocycles. The molecule has 1 aromatic heterocycles. The molecule has 0 amide bonds. The highest BCUT2D eigenvalue weighted by Crippen LogP contribution is 2.25. The van der Waals surface area contributed by atoms with E-state index >= 15 is 0 Å². The average Bonchev–Trinajstić information content (AvgIpc) is 2.55. The van der Waals surface area contributed by atoms with Crippen molar-refractivity contribution in [2.45, 2.75) is 13.3 Å². The second kappa shape index (κ2) is 6.39. The normalized spacial score (nSPS) is 10.6.